The maximum atomic E-state index is 4.77. The summed E-state index contributed by atoms with van der Waals surface area (Å²) in [6, 6.07) is 15.0. The van der Waals surface area contributed by atoms with Crippen molar-refractivity contribution < 1.29 is 0 Å². The van der Waals surface area contributed by atoms with Gasteiger partial charge in [-0.3, -0.25) is 0 Å². The lowest BCUT2D eigenvalue weighted by molar-refractivity contribution is 0.420. The number of hydrogen-bond acceptors (Lipinski definition) is 2. The minimum Gasteiger partial charge on any atom is -0.370 e. The Balaban J connectivity index is 1.92. The number of hydrogen-bond donors (Lipinski definition) is 1. The second-order valence-corrected chi connectivity index (χ2v) is 5.55. The van der Waals surface area contributed by atoms with Crippen LogP contribution in [-0.4, -0.2) is 11.5 Å². The van der Waals surface area contributed by atoms with E-state index in [-0.39, 0.29) is 0 Å². The summed E-state index contributed by atoms with van der Waals surface area (Å²) < 4.78 is 0. The van der Waals surface area contributed by atoms with Gasteiger partial charge in [-0.1, -0.05) is 43.7 Å². The molecule has 1 heterocycles. The molecule has 1 aliphatic carbocycles. The molecule has 2 heteroatoms. The van der Waals surface area contributed by atoms with Crippen molar-refractivity contribution in [1.82, 2.24) is 4.98 Å². The Kier molecular flexibility index (Phi) is 4.00. The molecule has 2 nitrogen and oxygen atoms in total. The molecule has 1 N–H and O–H groups in total. The molecule has 1 saturated carbocycles. The average molecular weight is 266 g/mol. The topological polar surface area (TPSA) is 24.9 Å². The van der Waals surface area contributed by atoms with Crippen LogP contribution in [0.2, 0.25) is 0 Å². The second-order valence-electron chi connectivity index (χ2n) is 5.55. The first kappa shape index (κ1) is 13.2. The zero-order chi connectivity index (χ0) is 13.8. The van der Waals surface area contributed by atoms with Crippen molar-refractivity contribution in [2.24, 2.45) is 0 Å². The Hall–Kier alpha value is -1.83. The monoisotopic (exact) mass is 266 g/mol. The Labute approximate surface area is 121 Å². The third-order valence-electron chi connectivity index (χ3n) is 4.09. The summed E-state index contributed by atoms with van der Waals surface area (Å²) >= 11 is 0. The molecular weight excluding hydrogens is 244 g/mol. The molecule has 0 amide bonds. The minimum atomic E-state index is 0.736. The van der Waals surface area contributed by atoms with E-state index in [0.29, 0.717) is 0 Å². The number of pyridine rings is 1. The van der Waals surface area contributed by atoms with Crippen LogP contribution in [-0.2, 0) is 0 Å². The van der Waals surface area contributed by atoms with Crippen molar-refractivity contribution >= 4 is 5.82 Å². The molecule has 0 saturated heterocycles. The highest BCUT2D eigenvalue weighted by atomic mass is 15.0. The molecule has 20 heavy (non-hydrogen) atoms. The van der Waals surface area contributed by atoms with Crippen molar-refractivity contribution in [3.05, 3.63) is 48.0 Å². The molecule has 0 aliphatic heterocycles. The molecule has 2 aromatic rings. The van der Waals surface area contributed by atoms with Crippen LogP contribution in [0.25, 0.3) is 11.3 Å². The van der Waals surface area contributed by atoms with E-state index in [1.165, 1.54) is 30.4 Å². The van der Waals surface area contributed by atoms with Crippen molar-refractivity contribution in [2.45, 2.75) is 38.5 Å². The van der Waals surface area contributed by atoms with Gasteiger partial charge < -0.3 is 5.32 Å². The molecule has 0 spiro atoms. The number of nitrogens with one attached hydrogen (secondary N) is 1. The Morgan fingerprint density at radius 1 is 1.10 bits per heavy atom. The standard InChI is InChI=1S/C18H22N2/c1-2-13-19-18-12-6-11-17(20-18)16-10-4-3-9-15(16)14-7-5-8-14/h3-4,6,9-12,14H,2,5,7-8,13H2,1H3,(H,19,20). The van der Waals surface area contributed by atoms with Crippen LogP contribution < -0.4 is 5.32 Å². The summed E-state index contributed by atoms with van der Waals surface area (Å²) in [4.78, 5) is 4.77. The quantitative estimate of drug-likeness (QED) is 0.837. The summed E-state index contributed by atoms with van der Waals surface area (Å²) in [6.07, 6.45) is 5.13. The zero-order valence-corrected chi connectivity index (χ0v) is 12.1. The predicted octanol–water partition coefficient (Wildman–Crippen LogP) is 4.84. The van der Waals surface area contributed by atoms with Gasteiger partial charge in [0.25, 0.3) is 0 Å². The van der Waals surface area contributed by atoms with Crippen LogP contribution in [0.3, 0.4) is 0 Å². The van der Waals surface area contributed by atoms with E-state index in [1.807, 2.05) is 6.07 Å². The van der Waals surface area contributed by atoms with E-state index in [9.17, 15) is 0 Å². The number of anilines is 1. The Morgan fingerprint density at radius 2 is 1.95 bits per heavy atom. The van der Waals surface area contributed by atoms with Gasteiger partial charge in [0.1, 0.15) is 5.82 Å². The molecule has 1 aromatic heterocycles. The van der Waals surface area contributed by atoms with Crippen molar-refractivity contribution in [2.75, 3.05) is 11.9 Å². The third kappa shape index (κ3) is 2.69. The van der Waals surface area contributed by atoms with Gasteiger partial charge in [-0.25, -0.2) is 4.98 Å². The van der Waals surface area contributed by atoms with E-state index in [0.717, 1.165) is 30.4 Å². The summed E-state index contributed by atoms with van der Waals surface area (Å²) in [7, 11) is 0. The molecule has 1 aliphatic rings. The molecule has 0 radical (unpaired) electrons. The fourth-order valence-electron chi connectivity index (χ4n) is 2.74. The van der Waals surface area contributed by atoms with Crippen LogP contribution in [0.1, 0.15) is 44.1 Å². The van der Waals surface area contributed by atoms with Gasteiger partial charge in [-0.15, -0.1) is 0 Å². The maximum absolute atomic E-state index is 4.77. The van der Waals surface area contributed by atoms with E-state index >= 15 is 0 Å². The van der Waals surface area contributed by atoms with E-state index in [4.69, 9.17) is 4.98 Å². The number of rotatable bonds is 5. The first-order chi connectivity index (χ1) is 9.88. The van der Waals surface area contributed by atoms with Crippen molar-refractivity contribution in [1.29, 1.82) is 0 Å². The number of aromatic nitrogens is 1. The van der Waals surface area contributed by atoms with Crippen LogP contribution in [0, 0.1) is 0 Å². The largest absolute Gasteiger partial charge is 0.370 e. The van der Waals surface area contributed by atoms with E-state index < -0.39 is 0 Å². The van der Waals surface area contributed by atoms with Gasteiger partial charge in [0.05, 0.1) is 5.69 Å². The summed E-state index contributed by atoms with van der Waals surface area (Å²) in [5.41, 5.74) is 3.87. The van der Waals surface area contributed by atoms with Gasteiger partial charge in [-0.2, -0.15) is 0 Å². The van der Waals surface area contributed by atoms with Crippen LogP contribution in [0.15, 0.2) is 42.5 Å². The molecule has 0 unspecified atom stereocenters. The van der Waals surface area contributed by atoms with Crippen molar-refractivity contribution in [3.8, 4) is 11.3 Å². The molecular formula is C18H22N2. The molecule has 1 aromatic carbocycles. The predicted molar refractivity (Wildman–Crippen MR) is 85.0 cm³/mol. The summed E-state index contributed by atoms with van der Waals surface area (Å²) in [6.45, 7) is 3.14. The van der Waals surface area contributed by atoms with E-state index in [2.05, 4.69) is 48.6 Å². The minimum absolute atomic E-state index is 0.736. The zero-order valence-electron chi connectivity index (χ0n) is 12.1. The maximum Gasteiger partial charge on any atom is 0.126 e. The lowest BCUT2D eigenvalue weighted by Crippen LogP contribution is -2.10. The first-order valence-electron chi connectivity index (χ1n) is 7.68. The highest BCUT2D eigenvalue weighted by molar-refractivity contribution is 5.66. The molecule has 3 rings (SSSR count). The second kappa shape index (κ2) is 6.08. The SMILES string of the molecule is CCCNc1cccc(-c2ccccc2C2CCC2)n1. The van der Waals surface area contributed by atoms with Gasteiger partial charge in [0, 0.05) is 12.1 Å². The molecule has 0 atom stereocenters. The number of nitrogens with zero attached hydrogens (tertiary/aromatic N) is 1. The van der Waals surface area contributed by atoms with Crippen LogP contribution in [0.5, 0.6) is 0 Å². The third-order valence-corrected chi connectivity index (χ3v) is 4.09. The van der Waals surface area contributed by atoms with Gasteiger partial charge >= 0.3 is 0 Å². The summed E-state index contributed by atoms with van der Waals surface area (Å²) in [5.74, 6) is 1.72. The van der Waals surface area contributed by atoms with Gasteiger partial charge in [0.15, 0.2) is 0 Å². The van der Waals surface area contributed by atoms with Gasteiger partial charge in [-0.05, 0) is 42.9 Å². The lowest BCUT2D eigenvalue weighted by atomic mass is 9.78. The smallest absolute Gasteiger partial charge is 0.126 e. The highest BCUT2D eigenvalue weighted by Gasteiger charge is 2.22. The molecule has 104 valence electrons. The number of benzene rings is 1. The fraction of sp³-hybridized carbons (Fsp3) is 0.389. The highest BCUT2D eigenvalue weighted by Crippen LogP contribution is 2.40. The lowest BCUT2D eigenvalue weighted by Gasteiger charge is -2.27. The van der Waals surface area contributed by atoms with Crippen molar-refractivity contribution in [3.63, 3.8) is 0 Å². The average Bonchev–Trinajstić information content (AvgIpc) is 2.44. The normalized spacial score (nSPS) is 14.8. The summed E-state index contributed by atoms with van der Waals surface area (Å²) in [5, 5.41) is 3.37. The Bertz CT molecular complexity index is 573. The van der Waals surface area contributed by atoms with Crippen LogP contribution >= 0.6 is 0 Å². The molecule has 0 bridgehead atoms. The first-order valence-corrected chi connectivity index (χ1v) is 7.68. The van der Waals surface area contributed by atoms with Crippen LogP contribution in [0.4, 0.5) is 5.82 Å². The molecule has 1 fully saturated rings. The Morgan fingerprint density at radius 3 is 2.70 bits per heavy atom. The van der Waals surface area contributed by atoms with Gasteiger partial charge in [0.2, 0.25) is 0 Å². The fourth-order valence-corrected chi connectivity index (χ4v) is 2.74. The van der Waals surface area contributed by atoms with E-state index in [1.54, 1.807) is 0 Å².